The summed E-state index contributed by atoms with van der Waals surface area (Å²) in [6, 6.07) is 3.13. The average molecular weight is 168 g/mol. The number of phenolic OH excluding ortho intramolecular Hbond substituents is 1. The van der Waals surface area contributed by atoms with Gasteiger partial charge in [0.25, 0.3) is 0 Å². The van der Waals surface area contributed by atoms with Crippen molar-refractivity contribution in [2.75, 3.05) is 18.1 Å². The van der Waals surface area contributed by atoms with Crippen LogP contribution in [-0.4, -0.2) is 11.7 Å². The summed E-state index contributed by atoms with van der Waals surface area (Å²) in [6.45, 7) is 2.25. The van der Waals surface area contributed by atoms with Gasteiger partial charge in [-0.25, -0.2) is 0 Å². The molecule has 5 N–H and O–H groups in total. The Balaban J connectivity index is 3.14. The summed E-state index contributed by atoms with van der Waals surface area (Å²) in [6.07, 6.45) is 0. The van der Waals surface area contributed by atoms with Crippen molar-refractivity contribution >= 4 is 11.4 Å². The van der Waals surface area contributed by atoms with Crippen molar-refractivity contribution in [2.24, 2.45) is 0 Å². The molecule has 1 aromatic carbocycles. The van der Waals surface area contributed by atoms with Gasteiger partial charge in [-0.15, -0.1) is 0 Å². The van der Waals surface area contributed by atoms with Gasteiger partial charge in [-0.3, -0.25) is 0 Å². The number of hydrogen-bond acceptors (Lipinski definition) is 4. The van der Waals surface area contributed by atoms with Gasteiger partial charge in [0.05, 0.1) is 18.0 Å². The molecular formula is C8H12N2O2. The van der Waals surface area contributed by atoms with Gasteiger partial charge in [-0.05, 0) is 19.1 Å². The van der Waals surface area contributed by atoms with E-state index in [9.17, 15) is 5.11 Å². The lowest BCUT2D eigenvalue weighted by Crippen LogP contribution is -1.98. The maximum atomic E-state index is 9.38. The third-order valence-electron chi connectivity index (χ3n) is 1.48. The fourth-order valence-corrected chi connectivity index (χ4v) is 0.898. The number of phenols is 1. The Morgan fingerprint density at radius 2 is 1.92 bits per heavy atom. The molecule has 0 fully saturated rings. The number of rotatable bonds is 2. The maximum absolute atomic E-state index is 9.38. The Bertz CT molecular complexity index is 287. The molecule has 0 aromatic heterocycles. The number of aromatic hydroxyl groups is 1. The summed E-state index contributed by atoms with van der Waals surface area (Å²) < 4.78 is 5.09. The molecule has 0 spiro atoms. The van der Waals surface area contributed by atoms with E-state index in [1.807, 2.05) is 6.92 Å². The molecule has 0 amide bonds. The number of ether oxygens (including phenoxy) is 1. The second-order valence-corrected chi connectivity index (χ2v) is 2.35. The quantitative estimate of drug-likeness (QED) is 0.453. The van der Waals surface area contributed by atoms with Crippen LogP contribution in [0.15, 0.2) is 12.1 Å². The van der Waals surface area contributed by atoms with Gasteiger partial charge in [0.15, 0.2) is 11.5 Å². The Morgan fingerprint density at radius 3 is 2.50 bits per heavy atom. The van der Waals surface area contributed by atoms with Crippen molar-refractivity contribution in [2.45, 2.75) is 6.92 Å². The first-order valence-electron chi connectivity index (χ1n) is 3.66. The third kappa shape index (κ3) is 1.37. The van der Waals surface area contributed by atoms with Crippen molar-refractivity contribution in [3.63, 3.8) is 0 Å². The highest BCUT2D eigenvalue weighted by molar-refractivity contribution is 5.70. The molecule has 0 saturated heterocycles. The summed E-state index contributed by atoms with van der Waals surface area (Å²) >= 11 is 0. The summed E-state index contributed by atoms with van der Waals surface area (Å²) in [5.74, 6) is 0.175. The Labute approximate surface area is 70.7 Å². The largest absolute Gasteiger partial charge is 0.503 e. The molecule has 0 unspecified atom stereocenters. The van der Waals surface area contributed by atoms with E-state index in [-0.39, 0.29) is 17.2 Å². The zero-order valence-electron chi connectivity index (χ0n) is 6.87. The third-order valence-corrected chi connectivity index (χ3v) is 1.48. The normalized spacial score (nSPS) is 9.75. The summed E-state index contributed by atoms with van der Waals surface area (Å²) in [7, 11) is 0. The van der Waals surface area contributed by atoms with Crippen molar-refractivity contribution in [3.05, 3.63) is 12.1 Å². The Kier molecular flexibility index (Phi) is 2.28. The van der Waals surface area contributed by atoms with Crippen LogP contribution in [0.1, 0.15) is 6.92 Å². The minimum Gasteiger partial charge on any atom is -0.503 e. The molecule has 0 aliphatic rings. The second-order valence-electron chi connectivity index (χ2n) is 2.35. The number of nitrogens with two attached hydrogens (primary N) is 2. The van der Waals surface area contributed by atoms with E-state index < -0.39 is 0 Å². The van der Waals surface area contributed by atoms with E-state index in [4.69, 9.17) is 16.2 Å². The Morgan fingerprint density at radius 1 is 1.33 bits per heavy atom. The summed E-state index contributed by atoms with van der Waals surface area (Å²) in [4.78, 5) is 0. The highest BCUT2D eigenvalue weighted by Crippen LogP contribution is 2.37. The zero-order valence-corrected chi connectivity index (χ0v) is 6.87. The van der Waals surface area contributed by atoms with Gasteiger partial charge in [0.1, 0.15) is 0 Å². The molecule has 0 aliphatic heterocycles. The molecule has 0 atom stereocenters. The van der Waals surface area contributed by atoms with E-state index in [1.165, 1.54) is 6.07 Å². The average Bonchev–Trinajstić information content (AvgIpc) is 2.06. The van der Waals surface area contributed by atoms with E-state index in [0.29, 0.717) is 12.3 Å². The van der Waals surface area contributed by atoms with Gasteiger partial charge in [0, 0.05) is 0 Å². The van der Waals surface area contributed by atoms with Crippen molar-refractivity contribution in [3.8, 4) is 11.5 Å². The lowest BCUT2D eigenvalue weighted by Gasteiger charge is -2.09. The van der Waals surface area contributed by atoms with Gasteiger partial charge < -0.3 is 21.3 Å². The lowest BCUT2D eigenvalue weighted by atomic mass is 10.2. The van der Waals surface area contributed by atoms with Crippen LogP contribution in [0.4, 0.5) is 11.4 Å². The van der Waals surface area contributed by atoms with E-state index >= 15 is 0 Å². The highest BCUT2D eigenvalue weighted by atomic mass is 16.5. The van der Waals surface area contributed by atoms with Crippen LogP contribution < -0.4 is 16.2 Å². The van der Waals surface area contributed by atoms with Crippen LogP contribution in [0.5, 0.6) is 11.5 Å². The van der Waals surface area contributed by atoms with Crippen LogP contribution in [-0.2, 0) is 0 Å². The predicted molar refractivity (Wildman–Crippen MR) is 48.1 cm³/mol. The molecule has 1 aromatic rings. The minimum absolute atomic E-state index is 0.0862. The van der Waals surface area contributed by atoms with Crippen LogP contribution in [0.2, 0.25) is 0 Å². The van der Waals surface area contributed by atoms with E-state index in [2.05, 4.69) is 0 Å². The molecule has 0 radical (unpaired) electrons. The van der Waals surface area contributed by atoms with Gasteiger partial charge >= 0.3 is 0 Å². The molecule has 0 bridgehead atoms. The monoisotopic (exact) mass is 168 g/mol. The first kappa shape index (κ1) is 8.52. The van der Waals surface area contributed by atoms with Crippen LogP contribution in [0.25, 0.3) is 0 Å². The standard InChI is InChI=1S/C8H12N2O2/c1-2-12-8-6(10)4-3-5(9)7(8)11/h3-4,11H,2,9-10H2,1H3. The fraction of sp³-hybridized carbons (Fsp3) is 0.250. The first-order valence-corrected chi connectivity index (χ1v) is 3.66. The SMILES string of the molecule is CCOc1c(N)ccc(N)c1O. The smallest absolute Gasteiger partial charge is 0.186 e. The molecule has 1 rings (SSSR count). The topological polar surface area (TPSA) is 81.5 Å². The molecular weight excluding hydrogens is 156 g/mol. The molecule has 0 aliphatic carbocycles. The van der Waals surface area contributed by atoms with Crippen LogP contribution >= 0.6 is 0 Å². The first-order chi connectivity index (χ1) is 5.66. The number of benzene rings is 1. The van der Waals surface area contributed by atoms with E-state index in [0.717, 1.165) is 0 Å². The number of nitrogen functional groups attached to an aromatic ring is 2. The highest BCUT2D eigenvalue weighted by Gasteiger charge is 2.08. The van der Waals surface area contributed by atoms with Crippen LogP contribution in [0.3, 0.4) is 0 Å². The molecule has 4 nitrogen and oxygen atoms in total. The minimum atomic E-state index is -0.0862. The van der Waals surface area contributed by atoms with Gasteiger partial charge in [-0.1, -0.05) is 0 Å². The van der Waals surface area contributed by atoms with Crippen LogP contribution in [0, 0.1) is 0 Å². The maximum Gasteiger partial charge on any atom is 0.186 e. The second kappa shape index (κ2) is 3.21. The van der Waals surface area contributed by atoms with Gasteiger partial charge in [0.2, 0.25) is 0 Å². The van der Waals surface area contributed by atoms with Crippen molar-refractivity contribution in [1.29, 1.82) is 0 Å². The number of anilines is 2. The Hall–Kier alpha value is -1.58. The number of hydrogen-bond donors (Lipinski definition) is 3. The molecule has 66 valence electrons. The lowest BCUT2D eigenvalue weighted by molar-refractivity contribution is 0.321. The van der Waals surface area contributed by atoms with E-state index in [1.54, 1.807) is 6.07 Å². The zero-order chi connectivity index (χ0) is 9.14. The van der Waals surface area contributed by atoms with Gasteiger partial charge in [-0.2, -0.15) is 0 Å². The van der Waals surface area contributed by atoms with Crippen molar-refractivity contribution < 1.29 is 9.84 Å². The molecule has 12 heavy (non-hydrogen) atoms. The fourth-order valence-electron chi connectivity index (χ4n) is 0.898. The molecule has 0 heterocycles. The predicted octanol–water partition coefficient (Wildman–Crippen LogP) is 0.955. The van der Waals surface area contributed by atoms with Crippen molar-refractivity contribution in [1.82, 2.24) is 0 Å². The summed E-state index contributed by atoms with van der Waals surface area (Å²) in [5.41, 5.74) is 11.6. The molecule has 4 heteroatoms. The summed E-state index contributed by atoms with van der Waals surface area (Å²) in [5, 5.41) is 9.38. The molecule has 0 saturated carbocycles.